The van der Waals surface area contributed by atoms with Gasteiger partial charge in [-0.15, -0.1) is 0 Å². The van der Waals surface area contributed by atoms with Crippen molar-refractivity contribution < 1.29 is 23.8 Å². The molecule has 0 aliphatic rings. The van der Waals surface area contributed by atoms with E-state index in [2.05, 4.69) is 5.32 Å². The van der Waals surface area contributed by atoms with Crippen LogP contribution in [-0.2, 0) is 14.3 Å². The lowest BCUT2D eigenvalue weighted by molar-refractivity contribution is -0.150. The van der Waals surface area contributed by atoms with Crippen LogP contribution < -0.4 is 14.8 Å². The quantitative estimate of drug-likeness (QED) is 0.820. The number of methoxy groups -OCH3 is 2. The molecule has 1 aromatic carbocycles. The normalized spacial score (nSPS) is 11.4. The van der Waals surface area contributed by atoms with Crippen molar-refractivity contribution in [3.63, 3.8) is 0 Å². The Labute approximate surface area is 111 Å². The van der Waals surface area contributed by atoms with Crippen molar-refractivity contribution in [2.45, 2.75) is 20.0 Å². The number of benzene rings is 1. The van der Waals surface area contributed by atoms with Crippen LogP contribution in [0.25, 0.3) is 0 Å². The zero-order chi connectivity index (χ0) is 14.4. The standard InChI is InChI=1S/C13H17NO5/c1-8(19-9(2)15)13(16)14-10-5-6-11(17-3)12(7-10)18-4/h5-8H,1-4H3,(H,14,16)/t8-/m0/s1. The first-order valence-corrected chi connectivity index (χ1v) is 5.68. The summed E-state index contributed by atoms with van der Waals surface area (Å²) in [5.41, 5.74) is 0.529. The Kier molecular flexibility index (Phi) is 5.17. The van der Waals surface area contributed by atoms with Crippen LogP contribution in [0.15, 0.2) is 18.2 Å². The summed E-state index contributed by atoms with van der Waals surface area (Å²) in [5.74, 6) is 0.145. The molecular weight excluding hydrogens is 250 g/mol. The van der Waals surface area contributed by atoms with Crippen molar-refractivity contribution in [1.29, 1.82) is 0 Å². The minimum atomic E-state index is -0.856. The maximum Gasteiger partial charge on any atom is 0.303 e. The molecule has 0 saturated heterocycles. The van der Waals surface area contributed by atoms with Crippen molar-refractivity contribution in [1.82, 2.24) is 0 Å². The molecule has 19 heavy (non-hydrogen) atoms. The van der Waals surface area contributed by atoms with E-state index >= 15 is 0 Å². The first-order chi connectivity index (χ1) is 8.97. The first-order valence-electron chi connectivity index (χ1n) is 5.68. The molecule has 1 amide bonds. The SMILES string of the molecule is COc1ccc(NC(=O)[C@H](C)OC(C)=O)cc1OC. The number of hydrogen-bond donors (Lipinski definition) is 1. The highest BCUT2D eigenvalue weighted by molar-refractivity contribution is 5.95. The van der Waals surface area contributed by atoms with Gasteiger partial charge < -0.3 is 19.5 Å². The Morgan fingerprint density at radius 1 is 1.16 bits per heavy atom. The lowest BCUT2D eigenvalue weighted by Crippen LogP contribution is -2.29. The largest absolute Gasteiger partial charge is 0.493 e. The monoisotopic (exact) mass is 267 g/mol. The third-order valence-corrected chi connectivity index (χ3v) is 2.36. The number of nitrogens with one attached hydrogen (secondary N) is 1. The summed E-state index contributed by atoms with van der Waals surface area (Å²) in [5, 5.41) is 2.62. The predicted octanol–water partition coefficient (Wildman–Crippen LogP) is 1.59. The minimum absolute atomic E-state index is 0.414. The van der Waals surface area contributed by atoms with Crippen molar-refractivity contribution in [2.75, 3.05) is 19.5 Å². The Bertz CT molecular complexity index is 472. The zero-order valence-corrected chi connectivity index (χ0v) is 11.4. The van der Waals surface area contributed by atoms with Gasteiger partial charge in [0.05, 0.1) is 14.2 Å². The highest BCUT2D eigenvalue weighted by atomic mass is 16.5. The molecule has 6 heteroatoms. The van der Waals surface area contributed by atoms with E-state index in [1.165, 1.54) is 28.1 Å². The summed E-state index contributed by atoms with van der Waals surface area (Å²) >= 11 is 0. The maximum absolute atomic E-state index is 11.7. The molecule has 0 fully saturated rings. The molecule has 0 radical (unpaired) electrons. The minimum Gasteiger partial charge on any atom is -0.493 e. The molecule has 1 N–H and O–H groups in total. The summed E-state index contributed by atoms with van der Waals surface area (Å²) in [6.45, 7) is 2.75. The smallest absolute Gasteiger partial charge is 0.303 e. The molecule has 104 valence electrons. The van der Waals surface area contributed by atoms with Gasteiger partial charge in [0.1, 0.15) is 0 Å². The fraction of sp³-hybridized carbons (Fsp3) is 0.385. The highest BCUT2D eigenvalue weighted by Gasteiger charge is 2.16. The van der Waals surface area contributed by atoms with Gasteiger partial charge in [-0.25, -0.2) is 0 Å². The molecule has 1 atom stereocenters. The summed E-state index contributed by atoms with van der Waals surface area (Å²) in [6.07, 6.45) is -0.856. The van der Waals surface area contributed by atoms with Gasteiger partial charge in [-0.3, -0.25) is 9.59 Å². The molecule has 0 heterocycles. The number of amides is 1. The summed E-state index contributed by atoms with van der Waals surface area (Å²) in [6, 6.07) is 4.96. The van der Waals surface area contributed by atoms with E-state index < -0.39 is 18.0 Å². The highest BCUT2D eigenvalue weighted by Crippen LogP contribution is 2.29. The van der Waals surface area contributed by atoms with Crippen LogP contribution in [0.3, 0.4) is 0 Å². The second-order valence-corrected chi connectivity index (χ2v) is 3.81. The third kappa shape index (κ3) is 4.17. The van der Waals surface area contributed by atoms with Gasteiger partial charge in [0.15, 0.2) is 17.6 Å². The van der Waals surface area contributed by atoms with E-state index in [0.717, 1.165) is 0 Å². The van der Waals surface area contributed by atoms with E-state index in [-0.39, 0.29) is 0 Å². The fourth-order valence-corrected chi connectivity index (χ4v) is 1.46. The number of carbonyl (C=O) groups is 2. The summed E-state index contributed by atoms with van der Waals surface area (Å²) in [4.78, 5) is 22.5. The second-order valence-electron chi connectivity index (χ2n) is 3.81. The average molecular weight is 267 g/mol. The van der Waals surface area contributed by atoms with Crippen LogP contribution in [0, 0.1) is 0 Å². The van der Waals surface area contributed by atoms with Crippen molar-refractivity contribution in [3.8, 4) is 11.5 Å². The first kappa shape index (κ1) is 14.8. The third-order valence-electron chi connectivity index (χ3n) is 2.36. The predicted molar refractivity (Wildman–Crippen MR) is 69.4 cm³/mol. The Balaban J connectivity index is 2.77. The molecule has 0 saturated carbocycles. The number of anilines is 1. The molecular formula is C13H17NO5. The van der Waals surface area contributed by atoms with Gasteiger partial charge in [0.25, 0.3) is 5.91 Å². The Morgan fingerprint density at radius 3 is 2.32 bits per heavy atom. The van der Waals surface area contributed by atoms with Crippen LogP contribution in [-0.4, -0.2) is 32.2 Å². The topological polar surface area (TPSA) is 73.9 Å². The van der Waals surface area contributed by atoms with Crippen LogP contribution >= 0.6 is 0 Å². The molecule has 0 aliphatic heterocycles. The van der Waals surface area contributed by atoms with Crippen LogP contribution in [0.1, 0.15) is 13.8 Å². The van der Waals surface area contributed by atoms with Crippen molar-refractivity contribution in [2.24, 2.45) is 0 Å². The molecule has 0 unspecified atom stereocenters. The molecule has 1 aromatic rings. The van der Waals surface area contributed by atoms with Crippen LogP contribution in [0.4, 0.5) is 5.69 Å². The number of rotatable bonds is 5. The van der Waals surface area contributed by atoms with Gasteiger partial charge >= 0.3 is 5.97 Å². The molecule has 6 nitrogen and oxygen atoms in total. The molecule has 0 spiro atoms. The molecule has 1 rings (SSSR count). The molecule has 0 aliphatic carbocycles. The lowest BCUT2D eigenvalue weighted by Gasteiger charge is -2.13. The zero-order valence-electron chi connectivity index (χ0n) is 11.4. The van der Waals surface area contributed by atoms with Gasteiger partial charge in [0.2, 0.25) is 0 Å². The van der Waals surface area contributed by atoms with Gasteiger partial charge in [0, 0.05) is 18.7 Å². The Morgan fingerprint density at radius 2 is 1.79 bits per heavy atom. The number of ether oxygens (including phenoxy) is 3. The maximum atomic E-state index is 11.7. The average Bonchev–Trinajstić information content (AvgIpc) is 2.37. The lowest BCUT2D eigenvalue weighted by atomic mass is 10.2. The van der Waals surface area contributed by atoms with E-state index in [9.17, 15) is 9.59 Å². The Hall–Kier alpha value is -2.24. The summed E-state index contributed by atoms with van der Waals surface area (Å²) in [7, 11) is 3.03. The second kappa shape index (κ2) is 6.63. The molecule has 0 bridgehead atoms. The van der Waals surface area contributed by atoms with Crippen molar-refractivity contribution in [3.05, 3.63) is 18.2 Å². The van der Waals surface area contributed by atoms with Crippen LogP contribution in [0.5, 0.6) is 11.5 Å². The number of esters is 1. The van der Waals surface area contributed by atoms with Gasteiger partial charge in [-0.05, 0) is 19.1 Å². The van der Waals surface area contributed by atoms with E-state index in [1.54, 1.807) is 18.2 Å². The van der Waals surface area contributed by atoms with E-state index in [0.29, 0.717) is 17.2 Å². The van der Waals surface area contributed by atoms with Gasteiger partial charge in [-0.1, -0.05) is 0 Å². The fourth-order valence-electron chi connectivity index (χ4n) is 1.46. The van der Waals surface area contributed by atoms with E-state index in [1.807, 2.05) is 0 Å². The molecule has 0 aromatic heterocycles. The van der Waals surface area contributed by atoms with Crippen LogP contribution in [0.2, 0.25) is 0 Å². The number of hydrogen-bond acceptors (Lipinski definition) is 5. The van der Waals surface area contributed by atoms with E-state index in [4.69, 9.17) is 14.2 Å². The van der Waals surface area contributed by atoms with Gasteiger partial charge in [-0.2, -0.15) is 0 Å². The van der Waals surface area contributed by atoms with Crippen molar-refractivity contribution >= 4 is 17.6 Å². The summed E-state index contributed by atoms with van der Waals surface area (Å²) < 4.78 is 15.0. The number of carbonyl (C=O) groups excluding carboxylic acids is 2.